The highest BCUT2D eigenvalue weighted by molar-refractivity contribution is 7.17. The number of carbonyl (C=O) groups is 2. The van der Waals surface area contributed by atoms with Gasteiger partial charge in [0.25, 0.3) is 5.91 Å². The van der Waals surface area contributed by atoms with Crippen molar-refractivity contribution in [1.82, 2.24) is 0 Å². The number of aryl methyl sites for hydroxylation is 1. The number of anilines is 1. The van der Waals surface area contributed by atoms with Crippen molar-refractivity contribution in [3.05, 3.63) is 50.9 Å². The van der Waals surface area contributed by atoms with Crippen LogP contribution in [0.25, 0.3) is 0 Å². The molecule has 4 nitrogen and oxygen atoms in total. The van der Waals surface area contributed by atoms with Crippen LogP contribution in [0.3, 0.4) is 0 Å². The van der Waals surface area contributed by atoms with Gasteiger partial charge in [0.05, 0.1) is 12.0 Å². The molecule has 0 aliphatic heterocycles. The lowest BCUT2D eigenvalue weighted by Gasteiger charge is -2.10. The van der Waals surface area contributed by atoms with Gasteiger partial charge in [0.15, 0.2) is 0 Å². The molecule has 0 fully saturated rings. The van der Waals surface area contributed by atoms with Crippen LogP contribution in [-0.2, 0) is 24.1 Å². The highest BCUT2D eigenvalue weighted by atomic mass is 35.5. The lowest BCUT2D eigenvalue weighted by atomic mass is 9.96. The minimum absolute atomic E-state index is 0.154. The van der Waals surface area contributed by atoms with Crippen molar-refractivity contribution >= 4 is 39.8 Å². The Hall–Kier alpha value is -1.85. The molecule has 0 bridgehead atoms. The molecule has 2 amide bonds. The molecule has 25 heavy (non-hydrogen) atoms. The topological polar surface area (TPSA) is 72.2 Å². The molecular formula is C19H21ClN2O2S. The number of amides is 2. The summed E-state index contributed by atoms with van der Waals surface area (Å²) in [5, 5.41) is 4.13. The van der Waals surface area contributed by atoms with Crippen LogP contribution in [0.1, 0.15) is 52.0 Å². The van der Waals surface area contributed by atoms with Gasteiger partial charge in [-0.25, -0.2) is 0 Å². The second-order valence-corrected chi connectivity index (χ2v) is 7.88. The van der Waals surface area contributed by atoms with Crippen molar-refractivity contribution in [2.24, 2.45) is 5.73 Å². The fraction of sp³-hybridized carbons (Fsp3) is 0.368. The number of rotatable bonds is 4. The maximum Gasteiger partial charge on any atom is 0.251 e. The van der Waals surface area contributed by atoms with Crippen LogP contribution < -0.4 is 11.1 Å². The number of hydrogen-bond acceptors (Lipinski definition) is 3. The lowest BCUT2D eigenvalue weighted by molar-refractivity contribution is -0.115. The zero-order valence-corrected chi connectivity index (χ0v) is 15.5. The molecule has 3 rings (SSSR count). The van der Waals surface area contributed by atoms with Crippen LogP contribution >= 0.6 is 22.9 Å². The summed E-state index contributed by atoms with van der Waals surface area (Å²) >= 11 is 7.37. The van der Waals surface area contributed by atoms with E-state index in [1.165, 1.54) is 29.1 Å². The molecule has 2 aromatic rings. The number of primary amides is 1. The number of hydrogen-bond donors (Lipinski definition) is 2. The minimum Gasteiger partial charge on any atom is -0.365 e. The quantitative estimate of drug-likeness (QED) is 0.833. The third-order valence-corrected chi connectivity index (χ3v) is 5.91. The number of benzene rings is 1. The molecule has 3 N–H and O–H groups in total. The van der Waals surface area contributed by atoms with Gasteiger partial charge in [-0.15, -0.1) is 11.3 Å². The Morgan fingerprint density at radius 1 is 1.08 bits per heavy atom. The van der Waals surface area contributed by atoms with E-state index in [4.69, 9.17) is 17.3 Å². The minimum atomic E-state index is -0.458. The molecule has 1 aliphatic carbocycles. The fourth-order valence-corrected chi connectivity index (χ4v) is 4.66. The monoisotopic (exact) mass is 376 g/mol. The molecule has 1 heterocycles. The van der Waals surface area contributed by atoms with Crippen LogP contribution in [0.4, 0.5) is 5.00 Å². The number of fused-ring (bicyclic) bond motifs is 1. The van der Waals surface area contributed by atoms with Crippen LogP contribution in [0.5, 0.6) is 0 Å². The fourth-order valence-electron chi connectivity index (χ4n) is 3.23. The van der Waals surface area contributed by atoms with Gasteiger partial charge in [-0.3, -0.25) is 9.59 Å². The summed E-state index contributed by atoms with van der Waals surface area (Å²) in [4.78, 5) is 25.6. The largest absolute Gasteiger partial charge is 0.365 e. The summed E-state index contributed by atoms with van der Waals surface area (Å²) in [6, 6.07) is 7.17. The van der Waals surface area contributed by atoms with Crippen molar-refractivity contribution in [3.8, 4) is 0 Å². The Balaban J connectivity index is 1.81. The second kappa shape index (κ2) is 8.02. The van der Waals surface area contributed by atoms with Crippen molar-refractivity contribution in [2.45, 2.75) is 44.9 Å². The smallest absolute Gasteiger partial charge is 0.251 e. The molecule has 1 aliphatic rings. The van der Waals surface area contributed by atoms with Gasteiger partial charge in [-0.05, 0) is 48.9 Å². The Kier molecular flexibility index (Phi) is 5.76. The van der Waals surface area contributed by atoms with Gasteiger partial charge in [0.1, 0.15) is 5.00 Å². The van der Waals surface area contributed by atoms with Crippen molar-refractivity contribution in [2.75, 3.05) is 5.32 Å². The maximum absolute atomic E-state index is 12.4. The Morgan fingerprint density at radius 3 is 2.44 bits per heavy atom. The van der Waals surface area contributed by atoms with Gasteiger partial charge in [-0.1, -0.05) is 36.6 Å². The average Bonchev–Trinajstić information content (AvgIpc) is 2.86. The summed E-state index contributed by atoms with van der Waals surface area (Å²) < 4.78 is 0. The number of nitrogens with one attached hydrogen (secondary N) is 1. The zero-order chi connectivity index (χ0) is 17.8. The Bertz CT molecular complexity index is 783. The Morgan fingerprint density at radius 2 is 1.76 bits per heavy atom. The molecule has 1 aromatic heterocycles. The SMILES string of the molecule is NC(=O)c1c(NC(=O)Cc2ccc(Cl)cc2)sc2c1CCCCCC2. The van der Waals surface area contributed by atoms with Crippen LogP contribution in [-0.4, -0.2) is 11.8 Å². The van der Waals surface area contributed by atoms with Crippen LogP contribution in [0, 0.1) is 0 Å². The van der Waals surface area contributed by atoms with Crippen molar-refractivity contribution < 1.29 is 9.59 Å². The van der Waals surface area contributed by atoms with Gasteiger partial charge in [0, 0.05) is 9.90 Å². The van der Waals surface area contributed by atoms with Gasteiger partial charge >= 0.3 is 0 Å². The van der Waals surface area contributed by atoms with Crippen LogP contribution in [0.15, 0.2) is 24.3 Å². The third-order valence-electron chi connectivity index (χ3n) is 4.45. The molecule has 6 heteroatoms. The molecule has 1 aromatic carbocycles. The summed E-state index contributed by atoms with van der Waals surface area (Å²) in [6.07, 6.45) is 6.60. The zero-order valence-electron chi connectivity index (χ0n) is 13.9. The van der Waals surface area contributed by atoms with E-state index in [1.54, 1.807) is 12.1 Å². The predicted octanol–water partition coefficient (Wildman–Crippen LogP) is 4.34. The summed E-state index contributed by atoms with van der Waals surface area (Å²) in [5.41, 5.74) is 8.04. The van der Waals surface area contributed by atoms with E-state index >= 15 is 0 Å². The Labute approximate surface area is 156 Å². The van der Waals surface area contributed by atoms with E-state index in [0.29, 0.717) is 15.6 Å². The predicted molar refractivity (Wildman–Crippen MR) is 102 cm³/mol. The van der Waals surface area contributed by atoms with Gasteiger partial charge < -0.3 is 11.1 Å². The second-order valence-electron chi connectivity index (χ2n) is 6.34. The first-order valence-corrected chi connectivity index (χ1v) is 9.72. The van der Waals surface area contributed by atoms with Gasteiger partial charge in [-0.2, -0.15) is 0 Å². The molecule has 0 saturated carbocycles. The first-order valence-electron chi connectivity index (χ1n) is 8.53. The van der Waals surface area contributed by atoms with Crippen molar-refractivity contribution in [3.63, 3.8) is 0 Å². The van der Waals surface area contributed by atoms with Crippen LogP contribution in [0.2, 0.25) is 5.02 Å². The molecular weight excluding hydrogens is 356 g/mol. The number of carbonyl (C=O) groups excluding carboxylic acids is 2. The first-order chi connectivity index (χ1) is 12.0. The number of halogens is 1. The van der Waals surface area contributed by atoms with E-state index in [9.17, 15) is 9.59 Å². The normalized spacial score (nSPS) is 14.3. The lowest BCUT2D eigenvalue weighted by Crippen LogP contribution is -2.19. The van der Waals surface area contributed by atoms with E-state index in [0.717, 1.165) is 36.8 Å². The number of thiophene rings is 1. The third kappa shape index (κ3) is 4.41. The van der Waals surface area contributed by atoms with Gasteiger partial charge in [0.2, 0.25) is 5.91 Å². The average molecular weight is 377 g/mol. The summed E-state index contributed by atoms with van der Waals surface area (Å²) in [5.74, 6) is -0.612. The molecule has 0 atom stereocenters. The van der Waals surface area contributed by atoms with E-state index in [-0.39, 0.29) is 12.3 Å². The molecule has 0 saturated heterocycles. The molecule has 0 spiro atoms. The summed E-state index contributed by atoms with van der Waals surface area (Å²) in [6.45, 7) is 0. The molecule has 132 valence electrons. The van der Waals surface area contributed by atoms with E-state index in [2.05, 4.69) is 5.32 Å². The van der Waals surface area contributed by atoms with E-state index in [1.807, 2.05) is 12.1 Å². The first kappa shape index (κ1) is 18.0. The molecule has 0 unspecified atom stereocenters. The number of nitrogens with two attached hydrogens (primary N) is 1. The highest BCUT2D eigenvalue weighted by Crippen LogP contribution is 2.36. The maximum atomic E-state index is 12.4. The molecule has 0 radical (unpaired) electrons. The standard InChI is InChI=1S/C19H21ClN2O2S/c20-13-9-7-12(8-10-13)11-16(23)22-19-17(18(21)24)14-5-3-1-2-4-6-15(14)25-19/h7-10H,1-6,11H2,(H2,21,24)(H,22,23). The highest BCUT2D eigenvalue weighted by Gasteiger charge is 2.23. The van der Waals surface area contributed by atoms with Crippen molar-refractivity contribution in [1.29, 1.82) is 0 Å². The van der Waals surface area contributed by atoms with E-state index < -0.39 is 5.91 Å². The summed E-state index contributed by atoms with van der Waals surface area (Å²) in [7, 11) is 0.